The van der Waals surface area contributed by atoms with E-state index < -0.39 is 11.9 Å². The smallest absolute Gasteiger partial charge is 0.335 e. The van der Waals surface area contributed by atoms with E-state index in [0.717, 1.165) is 36.8 Å². The molecule has 0 aliphatic rings. The first-order chi connectivity index (χ1) is 17.5. The summed E-state index contributed by atoms with van der Waals surface area (Å²) < 4.78 is 0. The standard InChI is InChI=1S/C32H54O4/c1-3-5-7-9-11-13-15-17-19-21-23-27-28(30(32(35)36)26-25-29(27)31(33)34)24-22-20-18-16-14-12-10-8-6-4-2/h25-26H,3-24H2,1-2H3,(H,33,34)(H,35,36). The molecule has 0 unspecified atom stereocenters. The molecule has 1 aromatic carbocycles. The Morgan fingerprint density at radius 3 is 0.972 bits per heavy atom. The van der Waals surface area contributed by atoms with Crippen LogP contribution < -0.4 is 0 Å². The lowest BCUT2D eigenvalue weighted by Gasteiger charge is -2.16. The van der Waals surface area contributed by atoms with Crippen molar-refractivity contribution >= 4 is 11.9 Å². The van der Waals surface area contributed by atoms with E-state index in [9.17, 15) is 19.8 Å². The molecule has 0 saturated heterocycles. The highest BCUT2D eigenvalue weighted by molar-refractivity contribution is 5.95. The van der Waals surface area contributed by atoms with Crippen molar-refractivity contribution in [1.29, 1.82) is 0 Å². The molecule has 1 rings (SSSR count). The Balaban J connectivity index is 2.55. The second kappa shape index (κ2) is 21.3. The molecule has 206 valence electrons. The third kappa shape index (κ3) is 14.0. The van der Waals surface area contributed by atoms with Gasteiger partial charge in [0, 0.05) is 0 Å². The average molecular weight is 503 g/mol. The molecule has 0 heterocycles. The van der Waals surface area contributed by atoms with Crippen LogP contribution in [0.5, 0.6) is 0 Å². The fraction of sp³-hybridized carbons (Fsp3) is 0.750. The van der Waals surface area contributed by atoms with E-state index in [-0.39, 0.29) is 11.1 Å². The minimum atomic E-state index is -0.946. The minimum Gasteiger partial charge on any atom is -0.478 e. The Morgan fingerprint density at radius 2 is 0.722 bits per heavy atom. The van der Waals surface area contributed by atoms with Crippen LogP contribution in [-0.4, -0.2) is 22.2 Å². The number of hydrogen-bond donors (Lipinski definition) is 2. The van der Waals surface area contributed by atoms with Gasteiger partial charge in [-0.25, -0.2) is 9.59 Å². The first kappa shape index (κ1) is 32.2. The third-order valence-electron chi connectivity index (χ3n) is 7.45. The lowest BCUT2D eigenvalue weighted by Crippen LogP contribution is -2.12. The summed E-state index contributed by atoms with van der Waals surface area (Å²) in [6.07, 6.45) is 25.9. The Bertz CT molecular complexity index is 664. The van der Waals surface area contributed by atoms with Crippen molar-refractivity contribution in [3.8, 4) is 0 Å². The van der Waals surface area contributed by atoms with Gasteiger partial charge in [-0.3, -0.25) is 0 Å². The number of carboxylic acid groups (broad SMARTS) is 2. The van der Waals surface area contributed by atoms with E-state index in [1.807, 2.05) is 0 Å². The number of hydrogen-bond acceptors (Lipinski definition) is 2. The number of rotatable bonds is 24. The van der Waals surface area contributed by atoms with Gasteiger partial charge in [0.2, 0.25) is 0 Å². The second-order valence-corrected chi connectivity index (χ2v) is 10.6. The van der Waals surface area contributed by atoms with E-state index in [0.29, 0.717) is 12.8 Å². The highest BCUT2D eigenvalue weighted by Crippen LogP contribution is 2.25. The number of aromatic carboxylic acids is 2. The SMILES string of the molecule is CCCCCCCCCCCCc1c(C(=O)O)ccc(C(=O)O)c1CCCCCCCCCCCC. The minimum absolute atomic E-state index is 0.290. The molecule has 4 heteroatoms. The zero-order chi connectivity index (χ0) is 26.4. The van der Waals surface area contributed by atoms with Crippen molar-refractivity contribution in [3.63, 3.8) is 0 Å². The van der Waals surface area contributed by atoms with E-state index in [2.05, 4.69) is 13.8 Å². The molecule has 0 bridgehead atoms. The summed E-state index contributed by atoms with van der Waals surface area (Å²) in [5.41, 5.74) is 2.10. The fourth-order valence-electron chi connectivity index (χ4n) is 5.24. The van der Waals surface area contributed by atoms with Crippen LogP contribution in [-0.2, 0) is 12.8 Å². The predicted octanol–water partition coefficient (Wildman–Crippen LogP) is 10.0. The van der Waals surface area contributed by atoms with Crippen LogP contribution in [0, 0.1) is 0 Å². The van der Waals surface area contributed by atoms with Gasteiger partial charge in [0.05, 0.1) is 11.1 Å². The molecule has 0 amide bonds. The maximum Gasteiger partial charge on any atom is 0.335 e. The highest BCUT2D eigenvalue weighted by atomic mass is 16.4. The summed E-state index contributed by atoms with van der Waals surface area (Å²) in [5.74, 6) is -1.89. The van der Waals surface area contributed by atoms with E-state index in [1.54, 1.807) is 0 Å². The molecule has 0 atom stereocenters. The summed E-state index contributed by atoms with van der Waals surface area (Å²) >= 11 is 0. The van der Waals surface area contributed by atoms with Gasteiger partial charge >= 0.3 is 11.9 Å². The van der Waals surface area contributed by atoms with Crippen LogP contribution in [0.4, 0.5) is 0 Å². The maximum atomic E-state index is 11.9. The van der Waals surface area contributed by atoms with Gasteiger partial charge < -0.3 is 10.2 Å². The first-order valence-corrected chi connectivity index (χ1v) is 15.1. The zero-order valence-corrected chi connectivity index (χ0v) is 23.4. The monoisotopic (exact) mass is 502 g/mol. The molecule has 36 heavy (non-hydrogen) atoms. The molecule has 0 saturated carbocycles. The van der Waals surface area contributed by atoms with Crippen LogP contribution in [0.25, 0.3) is 0 Å². The van der Waals surface area contributed by atoms with Gasteiger partial charge in [0.25, 0.3) is 0 Å². The van der Waals surface area contributed by atoms with Crippen LogP contribution >= 0.6 is 0 Å². The summed E-state index contributed by atoms with van der Waals surface area (Å²) in [5, 5.41) is 19.6. The molecular formula is C32H54O4. The van der Waals surface area contributed by atoms with E-state index >= 15 is 0 Å². The second-order valence-electron chi connectivity index (χ2n) is 10.6. The van der Waals surface area contributed by atoms with Gasteiger partial charge in [-0.2, -0.15) is 0 Å². The number of unbranched alkanes of at least 4 members (excludes halogenated alkanes) is 18. The van der Waals surface area contributed by atoms with Gasteiger partial charge in [-0.05, 0) is 48.9 Å². The number of benzene rings is 1. The molecule has 1 aromatic rings. The van der Waals surface area contributed by atoms with Gasteiger partial charge in [0.1, 0.15) is 0 Å². The quantitative estimate of drug-likeness (QED) is 0.138. The zero-order valence-electron chi connectivity index (χ0n) is 23.4. The first-order valence-electron chi connectivity index (χ1n) is 15.1. The highest BCUT2D eigenvalue weighted by Gasteiger charge is 2.20. The Morgan fingerprint density at radius 1 is 0.472 bits per heavy atom. The summed E-state index contributed by atoms with van der Waals surface area (Å²) in [4.78, 5) is 23.9. The Kier molecular flexibility index (Phi) is 19.0. The van der Waals surface area contributed by atoms with Crippen molar-refractivity contribution < 1.29 is 19.8 Å². The third-order valence-corrected chi connectivity index (χ3v) is 7.45. The van der Waals surface area contributed by atoms with Crippen molar-refractivity contribution in [2.45, 2.75) is 155 Å². The molecule has 0 spiro atoms. The van der Waals surface area contributed by atoms with Gasteiger partial charge in [-0.1, -0.05) is 129 Å². The molecule has 4 nitrogen and oxygen atoms in total. The lowest BCUT2D eigenvalue weighted by atomic mass is 9.88. The molecule has 0 aromatic heterocycles. The molecule has 0 aliphatic carbocycles. The number of carboxylic acids is 2. The van der Waals surface area contributed by atoms with Crippen molar-refractivity contribution in [3.05, 3.63) is 34.4 Å². The average Bonchev–Trinajstić information content (AvgIpc) is 2.86. The van der Waals surface area contributed by atoms with Crippen molar-refractivity contribution in [1.82, 2.24) is 0 Å². The van der Waals surface area contributed by atoms with Gasteiger partial charge in [-0.15, -0.1) is 0 Å². The van der Waals surface area contributed by atoms with Crippen LogP contribution in [0.15, 0.2) is 12.1 Å². The van der Waals surface area contributed by atoms with Crippen LogP contribution in [0.1, 0.15) is 174 Å². The largest absolute Gasteiger partial charge is 0.478 e. The molecular weight excluding hydrogens is 448 g/mol. The van der Waals surface area contributed by atoms with E-state index in [4.69, 9.17) is 0 Å². The summed E-state index contributed by atoms with van der Waals surface area (Å²) in [6, 6.07) is 3.00. The summed E-state index contributed by atoms with van der Waals surface area (Å²) in [6.45, 7) is 4.48. The van der Waals surface area contributed by atoms with Crippen LogP contribution in [0.2, 0.25) is 0 Å². The van der Waals surface area contributed by atoms with Gasteiger partial charge in [0.15, 0.2) is 0 Å². The maximum absolute atomic E-state index is 11.9. The molecule has 0 aliphatic heterocycles. The number of carbonyl (C=O) groups is 2. The lowest BCUT2D eigenvalue weighted by molar-refractivity contribution is 0.0679. The molecule has 2 N–H and O–H groups in total. The Hall–Kier alpha value is -1.84. The van der Waals surface area contributed by atoms with Crippen molar-refractivity contribution in [2.75, 3.05) is 0 Å². The molecule has 0 fully saturated rings. The normalized spacial score (nSPS) is 11.2. The summed E-state index contributed by atoms with van der Waals surface area (Å²) in [7, 11) is 0. The van der Waals surface area contributed by atoms with Crippen molar-refractivity contribution in [2.24, 2.45) is 0 Å². The topological polar surface area (TPSA) is 74.6 Å². The van der Waals surface area contributed by atoms with Crippen LogP contribution in [0.3, 0.4) is 0 Å². The predicted molar refractivity (Wildman–Crippen MR) is 151 cm³/mol. The fourth-order valence-corrected chi connectivity index (χ4v) is 5.24. The van der Waals surface area contributed by atoms with E-state index in [1.165, 1.54) is 115 Å². The molecule has 0 radical (unpaired) electrons. The Labute approximate surface area is 221 Å².